The average Bonchev–Trinajstić information content (AvgIpc) is 2.44. The fraction of sp³-hybridized carbons (Fsp3) is 0.611. The molecule has 0 aromatic heterocycles. The van der Waals surface area contributed by atoms with Crippen molar-refractivity contribution in [2.75, 3.05) is 19.3 Å². The van der Waals surface area contributed by atoms with Crippen molar-refractivity contribution < 1.29 is 8.42 Å². The van der Waals surface area contributed by atoms with Gasteiger partial charge in [-0.05, 0) is 43.9 Å². The third-order valence-corrected chi connectivity index (χ3v) is 5.19. The number of hydrogen-bond donors (Lipinski definition) is 2. The van der Waals surface area contributed by atoms with Crippen molar-refractivity contribution >= 4 is 39.8 Å². The maximum Gasteiger partial charge on any atom is 0.191 e. The first-order valence-corrected chi connectivity index (χ1v) is 9.82. The van der Waals surface area contributed by atoms with Crippen LogP contribution in [0.3, 0.4) is 0 Å². The molecule has 0 amide bonds. The quantitative estimate of drug-likeness (QED) is 0.393. The fourth-order valence-electron chi connectivity index (χ4n) is 2.12. The molecule has 0 aliphatic heterocycles. The Hall–Kier alpha value is -0.830. The second-order valence-electron chi connectivity index (χ2n) is 7.97. The Kier molecular flexibility index (Phi) is 8.90. The Labute approximate surface area is 170 Å². The Balaban J connectivity index is 0.00000576. The van der Waals surface area contributed by atoms with Crippen molar-refractivity contribution in [1.82, 2.24) is 10.6 Å². The van der Waals surface area contributed by atoms with Gasteiger partial charge in [-0.15, -0.1) is 24.0 Å². The lowest BCUT2D eigenvalue weighted by molar-refractivity contribution is 0.502. The third kappa shape index (κ3) is 8.40. The minimum Gasteiger partial charge on any atom is -0.355 e. The van der Waals surface area contributed by atoms with E-state index in [2.05, 4.69) is 36.4 Å². The Morgan fingerprint density at radius 1 is 1.04 bits per heavy atom. The van der Waals surface area contributed by atoms with Gasteiger partial charge in [-0.3, -0.25) is 4.99 Å². The van der Waals surface area contributed by atoms with Gasteiger partial charge < -0.3 is 10.6 Å². The van der Waals surface area contributed by atoms with Crippen LogP contribution in [0.15, 0.2) is 34.2 Å². The number of guanidine groups is 1. The molecule has 0 bridgehead atoms. The molecule has 0 unspecified atom stereocenters. The van der Waals surface area contributed by atoms with Gasteiger partial charge in [-0.2, -0.15) is 0 Å². The molecule has 2 N–H and O–H groups in total. The summed E-state index contributed by atoms with van der Waals surface area (Å²) in [4.78, 5) is 4.46. The molecule has 25 heavy (non-hydrogen) atoms. The molecule has 1 aromatic carbocycles. The van der Waals surface area contributed by atoms with Gasteiger partial charge in [0.2, 0.25) is 0 Å². The van der Waals surface area contributed by atoms with E-state index in [9.17, 15) is 8.42 Å². The lowest BCUT2D eigenvalue weighted by Crippen LogP contribution is -2.48. The van der Waals surface area contributed by atoms with Crippen molar-refractivity contribution in [3.8, 4) is 0 Å². The van der Waals surface area contributed by atoms with Gasteiger partial charge in [0.1, 0.15) is 0 Å². The largest absolute Gasteiger partial charge is 0.355 e. The van der Waals surface area contributed by atoms with E-state index in [4.69, 9.17) is 0 Å². The third-order valence-electron chi connectivity index (χ3n) is 3.46. The minimum absolute atomic E-state index is 0. The van der Waals surface area contributed by atoms with E-state index in [0.29, 0.717) is 17.4 Å². The van der Waals surface area contributed by atoms with Gasteiger partial charge in [0.25, 0.3) is 0 Å². The van der Waals surface area contributed by atoms with E-state index in [0.717, 1.165) is 5.56 Å². The molecule has 1 aromatic rings. The predicted molar refractivity (Wildman–Crippen MR) is 117 cm³/mol. The van der Waals surface area contributed by atoms with Gasteiger partial charge in [0, 0.05) is 19.1 Å². The summed E-state index contributed by atoms with van der Waals surface area (Å²) >= 11 is 0. The van der Waals surface area contributed by atoms with Gasteiger partial charge in [0.15, 0.2) is 15.8 Å². The zero-order valence-corrected chi connectivity index (χ0v) is 19.5. The monoisotopic (exact) mass is 481 g/mol. The zero-order chi connectivity index (χ0) is 18.6. The summed E-state index contributed by atoms with van der Waals surface area (Å²) in [6, 6.07) is 7.16. The van der Waals surface area contributed by atoms with Crippen LogP contribution in [0.4, 0.5) is 0 Å². The fourth-order valence-corrected chi connectivity index (χ4v) is 3.28. The smallest absolute Gasteiger partial charge is 0.191 e. The second kappa shape index (κ2) is 9.21. The lowest BCUT2D eigenvalue weighted by atomic mass is 9.87. The first-order chi connectivity index (χ1) is 10.8. The van der Waals surface area contributed by atoms with Crippen LogP contribution in [0.2, 0.25) is 0 Å². The van der Waals surface area contributed by atoms with E-state index < -0.39 is 9.84 Å². The van der Waals surface area contributed by atoms with Gasteiger partial charge >= 0.3 is 0 Å². The summed E-state index contributed by atoms with van der Waals surface area (Å²) in [6.45, 7) is 12.7. The summed E-state index contributed by atoms with van der Waals surface area (Å²) in [5.41, 5.74) is 0.993. The summed E-state index contributed by atoms with van der Waals surface area (Å²) in [5, 5.41) is 6.25. The molecule has 5 nitrogen and oxygen atoms in total. The normalized spacial score (nSPS) is 13.2. The number of rotatable bonds is 4. The molecule has 0 radical (unpaired) electrons. The maximum atomic E-state index is 12.4. The molecule has 0 atom stereocenters. The molecular weight excluding hydrogens is 449 g/mol. The van der Waals surface area contributed by atoms with E-state index >= 15 is 0 Å². The van der Waals surface area contributed by atoms with Crippen LogP contribution in [0, 0.1) is 0 Å². The first kappa shape index (κ1) is 24.2. The number of benzene rings is 1. The highest BCUT2D eigenvalue weighted by atomic mass is 127. The molecular formula is C18H32IN3O2S. The number of nitrogens with zero attached hydrogens (tertiary/aromatic N) is 1. The molecule has 0 fully saturated rings. The van der Waals surface area contributed by atoms with Gasteiger partial charge in [-0.1, -0.05) is 32.9 Å². The Bertz CT molecular complexity index is 670. The zero-order valence-electron chi connectivity index (χ0n) is 16.3. The SMILES string of the molecule is CN=C(NCCS(=O)(=O)c1ccc(C(C)(C)C)cc1)NC(C)(C)C.I. The average molecular weight is 481 g/mol. The molecule has 0 saturated carbocycles. The van der Waals surface area contributed by atoms with E-state index in [1.165, 1.54) is 0 Å². The van der Waals surface area contributed by atoms with Gasteiger partial charge in [-0.25, -0.2) is 8.42 Å². The van der Waals surface area contributed by atoms with E-state index in [-0.39, 0.29) is 40.7 Å². The lowest BCUT2D eigenvalue weighted by Gasteiger charge is -2.23. The molecule has 1 rings (SSSR count). The number of hydrogen-bond acceptors (Lipinski definition) is 3. The van der Waals surface area contributed by atoms with Crippen LogP contribution in [-0.2, 0) is 15.3 Å². The molecule has 0 heterocycles. The van der Waals surface area contributed by atoms with E-state index in [1.54, 1.807) is 19.2 Å². The minimum atomic E-state index is -3.32. The topological polar surface area (TPSA) is 70.6 Å². The van der Waals surface area contributed by atoms with Crippen LogP contribution < -0.4 is 10.6 Å². The molecule has 144 valence electrons. The Morgan fingerprint density at radius 2 is 1.56 bits per heavy atom. The maximum absolute atomic E-state index is 12.4. The van der Waals surface area contributed by atoms with Gasteiger partial charge in [0.05, 0.1) is 10.6 Å². The molecule has 0 aliphatic carbocycles. The number of sulfone groups is 1. The predicted octanol–water partition coefficient (Wildman–Crippen LogP) is 3.34. The Morgan fingerprint density at radius 3 is 1.96 bits per heavy atom. The van der Waals surface area contributed by atoms with E-state index in [1.807, 2.05) is 32.9 Å². The summed E-state index contributed by atoms with van der Waals surface area (Å²) < 4.78 is 24.9. The van der Waals surface area contributed by atoms with Crippen molar-refractivity contribution in [2.24, 2.45) is 4.99 Å². The highest BCUT2D eigenvalue weighted by molar-refractivity contribution is 14.0. The summed E-state index contributed by atoms with van der Waals surface area (Å²) in [7, 11) is -1.65. The summed E-state index contributed by atoms with van der Waals surface area (Å²) in [6.07, 6.45) is 0. The molecule has 7 heteroatoms. The molecule has 0 spiro atoms. The van der Waals surface area contributed by atoms with Crippen molar-refractivity contribution in [3.05, 3.63) is 29.8 Å². The molecule has 0 aliphatic rings. The van der Waals surface area contributed by atoms with Crippen LogP contribution in [-0.4, -0.2) is 39.3 Å². The van der Waals surface area contributed by atoms with Crippen LogP contribution in [0.25, 0.3) is 0 Å². The highest BCUT2D eigenvalue weighted by Gasteiger charge is 2.18. The van der Waals surface area contributed by atoms with Crippen molar-refractivity contribution in [1.29, 1.82) is 0 Å². The highest BCUT2D eigenvalue weighted by Crippen LogP contribution is 2.23. The standard InChI is InChI=1S/C18H31N3O2S.HI/c1-17(2,3)14-8-10-15(11-9-14)24(22,23)13-12-20-16(19-7)21-18(4,5)6;/h8-11H,12-13H2,1-7H3,(H2,19,20,21);1H. The first-order valence-electron chi connectivity index (χ1n) is 8.17. The second-order valence-corrected chi connectivity index (χ2v) is 10.1. The van der Waals surface area contributed by atoms with Crippen LogP contribution >= 0.6 is 24.0 Å². The number of halogens is 1. The van der Waals surface area contributed by atoms with Crippen LogP contribution in [0.5, 0.6) is 0 Å². The van der Waals surface area contributed by atoms with Crippen molar-refractivity contribution in [3.63, 3.8) is 0 Å². The molecule has 0 saturated heterocycles. The summed E-state index contributed by atoms with van der Waals surface area (Å²) in [5.74, 6) is 0.618. The van der Waals surface area contributed by atoms with Crippen LogP contribution in [0.1, 0.15) is 47.1 Å². The number of aliphatic imine (C=N–C) groups is 1. The number of nitrogens with one attached hydrogen (secondary N) is 2. The van der Waals surface area contributed by atoms with Crippen molar-refractivity contribution in [2.45, 2.75) is 57.4 Å².